The largest absolute Gasteiger partial charge is 0.465 e. The third-order valence-corrected chi connectivity index (χ3v) is 4.44. The molecule has 0 saturated heterocycles. The topological polar surface area (TPSA) is 76.5 Å². The van der Waals surface area contributed by atoms with Crippen LogP contribution in [0, 0.1) is 6.92 Å². The number of likely N-dealkylation sites (N-methyl/N-ethyl adjacent to an activating group) is 1. The van der Waals surface area contributed by atoms with E-state index in [1.54, 1.807) is 23.6 Å². The molecule has 1 aromatic heterocycles. The highest BCUT2D eigenvalue weighted by molar-refractivity contribution is 5.92. The SMILES string of the molecule is CCOC(=O)CN(C)CC(=O)Nc1cc(-c2ccc(C)cc2)nn1-c1ccccc1. The third kappa shape index (κ3) is 5.55. The van der Waals surface area contributed by atoms with Gasteiger partial charge in [0.05, 0.1) is 31.1 Å². The van der Waals surface area contributed by atoms with Crippen molar-refractivity contribution in [2.75, 3.05) is 32.1 Å². The number of esters is 1. The van der Waals surface area contributed by atoms with E-state index < -0.39 is 0 Å². The molecule has 0 aliphatic rings. The molecule has 1 heterocycles. The summed E-state index contributed by atoms with van der Waals surface area (Å²) in [5.74, 6) is -0.0376. The Kier molecular flexibility index (Phi) is 6.98. The molecule has 156 valence electrons. The predicted octanol–water partition coefficient (Wildman–Crippen LogP) is 3.28. The van der Waals surface area contributed by atoms with E-state index in [-0.39, 0.29) is 25.0 Å². The molecule has 7 nitrogen and oxygen atoms in total. The summed E-state index contributed by atoms with van der Waals surface area (Å²) in [7, 11) is 1.70. The third-order valence-electron chi connectivity index (χ3n) is 4.44. The smallest absolute Gasteiger partial charge is 0.320 e. The highest BCUT2D eigenvalue weighted by Gasteiger charge is 2.16. The molecule has 1 N–H and O–H groups in total. The first-order chi connectivity index (χ1) is 14.5. The van der Waals surface area contributed by atoms with Gasteiger partial charge in [-0.2, -0.15) is 5.10 Å². The van der Waals surface area contributed by atoms with Crippen LogP contribution in [0.2, 0.25) is 0 Å². The number of aryl methyl sites for hydroxylation is 1. The molecular formula is C23H26N4O3. The van der Waals surface area contributed by atoms with E-state index in [0.29, 0.717) is 12.4 Å². The minimum atomic E-state index is -0.358. The molecule has 3 aromatic rings. The van der Waals surface area contributed by atoms with Crippen LogP contribution in [0.4, 0.5) is 5.82 Å². The lowest BCUT2D eigenvalue weighted by Crippen LogP contribution is -2.35. The van der Waals surface area contributed by atoms with Gasteiger partial charge in [0.15, 0.2) is 0 Å². The Bertz CT molecular complexity index is 997. The van der Waals surface area contributed by atoms with Gasteiger partial charge in [0, 0.05) is 11.6 Å². The molecule has 2 aromatic carbocycles. The van der Waals surface area contributed by atoms with Crippen LogP contribution >= 0.6 is 0 Å². The second-order valence-corrected chi connectivity index (χ2v) is 7.05. The van der Waals surface area contributed by atoms with Crippen molar-refractivity contribution < 1.29 is 14.3 Å². The number of nitrogens with zero attached hydrogens (tertiary/aromatic N) is 3. The van der Waals surface area contributed by atoms with Crippen molar-refractivity contribution in [3.05, 3.63) is 66.2 Å². The first-order valence-corrected chi connectivity index (χ1v) is 9.83. The molecule has 3 rings (SSSR count). The summed E-state index contributed by atoms with van der Waals surface area (Å²) in [6, 6.07) is 19.5. The van der Waals surface area contributed by atoms with Crippen LogP contribution in [-0.2, 0) is 14.3 Å². The number of aromatic nitrogens is 2. The first-order valence-electron chi connectivity index (χ1n) is 9.83. The number of amides is 1. The normalized spacial score (nSPS) is 10.8. The molecule has 0 unspecified atom stereocenters. The Balaban J connectivity index is 1.81. The van der Waals surface area contributed by atoms with E-state index in [4.69, 9.17) is 9.84 Å². The molecule has 0 radical (unpaired) electrons. The predicted molar refractivity (Wildman–Crippen MR) is 116 cm³/mol. The van der Waals surface area contributed by atoms with Crippen molar-refractivity contribution in [1.82, 2.24) is 14.7 Å². The molecule has 0 atom stereocenters. The number of rotatable bonds is 8. The van der Waals surface area contributed by atoms with E-state index in [1.165, 1.54) is 5.56 Å². The van der Waals surface area contributed by atoms with E-state index in [2.05, 4.69) is 5.32 Å². The highest BCUT2D eigenvalue weighted by Crippen LogP contribution is 2.25. The number of ether oxygens (including phenoxy) is 1. The van der Waals surface area contributed by atoms with Crippen molar-refractivity contribution in [2.24, 2.45) is 0 Å². The first kappa shape index (κ1) is 21.3. The summed E-state index contributed by atoms with van der Waals surface area (Å²) in [5, 5.41) is 7.61. The maximum Gasteiger partial charge on any atom is 0.320 e. The summed E-state index contributed by atoms with van der Waals surface area (Å²) in [6.45, 7) is 4.20. The molecule has 0 fully saturated rings. The van der Waals surface area contributed by atoms with E-state index in [9.17, 15) is 9.59 Å². The van der Waals surface area contributed by atoms with Crippen molar-refractivity contribution in [1.29, 1.82) is 0 Å². The number of nitrogens with one attached hydrogen (secondary N) is 1. The van der Waals surface area contributed by atoms with Gasteiger partial charge in [0.25, 0.3) is 0 Å². The summed E-state index contributed by atoms with van der Waals surface area (Å²) >= 11 is 0. The van der Waals surface area contributed by atoms with E-state index in [0.717, 1.165) is 16.9 Å². The number of carbonyl (C=O) groups is 2. The fraction of sp³-hybridized carbons (Fsp3) is 0.261. The summed E-state index contributed by atoms with van der Waals surface area (Å²) in [5.41, 5.74) is 3.73. The second-order valence-electron chi connectivity index (χ2n) is 7.05. The average Bonchev–Trinajstić information content (AvgIpc) is 3.12. The number of benzene rings is 2. The monoisotopic (exact) mass is 406 g/mol. The quantitative estimate of drug-likeness (QED) is 0.581. The van der Waals surface area contributed by atoms with Gasteiger partial charge < -0.3 is 10.1 Å². The van der Waals surface area contributed by atoms with Crippen molar-refractivity contribution in [3.8, 4) is 16.9 Å². The molecule has 7 heteroatoms. The molecule has 0 saturated carbocycles. The Labute approximate surface area is 176 Å². The summed E-state index contributed by atoms with van der Waals surface area (Å²) in [6.07, 6.45) is 0. The zero-order chi connectivity index (χ0) is 21.5. The minimum absolute atomic E-state index is 0.0494. The molecular weight excluding hydrogens is 380 g/mol. The Morgan fingerprint density at radius 3 is 2.43 bits per heavy atom. The molecule has 0 aliphatic heterocycles. The molecule has 30 heavy (non-hydrogen) atoms. The Hall–Kier alpha value is -3.45. The van der Waals surface area contributed by atoms with Crippen LogP contribution in [0.25, 0.3) is 16.9 Å². The average molecular weight is 406 g/mol. The van der Waals surface area contributed by atoms with Gasteiger partial charge in [-0.15, -0.1) is 0 Å². The van der Waals surface area contributed by atoms with Gasteiger partial charge in [-0.05, 0) is 33.0 Å². The van der Waals surface area contributed by atoms with Gasteiger partial charge in [-0.25, -0.2) is 4.68 Å². The van der Waals surface area contributed by atoms with Gasteiger partial charge in [-0.3, -0.25) is 14.5 Å². The fourth-order valence-electron chi connectivity index (χ4n) is 3.01. The van der Waals surface area contributed by atoms with Crippen LogP contribution in [-0.4, -0.2) is 53.3 Å². The zero-order valence-electron chi connectivity index (χ0n) is 17.5. The van der Waals surface area contributed by atoms with Gasteiger partial charge in [0.1, 0.15) is 5.82 Å². The van der Waals surface area contributed by atoms with Gasteiger partial charge in [-0.1, -0.05) is 48.0 Å². The van der Waals surface area contributed by atoms with Crippen molar-refractivity contribution in [3.63, 3.8) is 0 Å². The molecule has 0 bridgehead atoms. The van der Waals surface area contributed by atoms with Crippen LogP contribution < -0.4 is 5.32 Å². The number of carbonyl (C=O) groups excluding carboxylic acids is 2. The lowest BCUT2D eigenvalue weighted by molar-refractivity contribution is -0.144. The van der Waals surface area contributed by atoms with Crippen LogP contribution in [0.5, 0.6) is 0 Å². The molecule has 0 spiro atoms. The van der Waals surface area contributed by atoms with Gasteiger partial charge in [0.2, 0.25) is 5.91 Å². The second kappa shape index (κ2) is 9.84. The minimum Gasteiger partial charge on any atom is -0.465 e. The van der Waals surface area contributed by atoms with Crippen LogP contribution in [0.15, 0.2) is 60.7 Å². The van der Waals surface area contributed by atoms with Crippen molar-refractivity contribution >= 4 is 17.7 Å². The number of hydrogen-bond donors (Lipinski definition) is 1. The summed E-state index contributed by atoms with van der Waals surface area (Å²) < 4.78 is 6.63. The van der Waals surface area contributed by atoms with Crippen LogP contribution in [0.3, 0.4) is 0 Å². The Morgan fingerprint density at radius 2 is 1.77 bits per heavy atom. The standard InChI is InChI=1S/C23H26N4O3/c1-4-30-23(29)16-26(3)15-22(28)24-21-14-20(18-12-10-17(2)11-13-18)25-27(21)19-8-6-5-7-9-19/h5-14H,4,15-16H2,1-3H3,(H,24,28). The number of anilines is 1. The summed E-state index contributed by atoms with van der Waals surface area (Å²) in [4.78, 5) is 25.8. The maximum absolute atomic E-state index is 12.6. The zero-order valence-corrected chi connectivity index (χ0v) is 17.5. The Morgan fingerprint density at radius 1 is 1.07 bits per heavy atom. The maximum atomic E-state index is 12.6. The molecule has 0 aliphatic carbocycles. The molecule has 1 amide bonds. The van der Waals surface area contributed by atoms with Crippen molar-refractivity contribution in [2.45, 2.75) is 13.8 Å². The highest BCUT2D eigenvalue weighted by atomic mass is 16.5. The van der Waals surface area contributed by atoms with Gasteiger partial charge >= 0.3 is 5.97 Å². The van der Waals surface area contributed by atoms with E-state index in [1.807, 2.05) is 67.6 Å². The fourth-order valence-corrected chi connectivity index (χ4v) is 3.01. The number of hydrogen-bond acceptors (Lipinski definition) is 5. The van der Waals surface area contributed by atoms with Crippen LogP contribution in [0.1, 0.15) is 12.5 Å². The number of para-hydroxylation sites is 1. The lowest BCUT2D eigenvalue weighted by atomic mass is 10.1. The van der Waals surface area contributed by atoms with E-state index >= 15 is 0 Å². The lowest BCUT2D eigenvalue weighted by Gasteiger charge is -2.15.